The number of rotatable bonds is 5. The molecule has 3 aliphatic rings. The van der Waals surface area contributed by atoms with Gasteiger partial charge in [0.2, 0.25) is 5.95 Å². The van der Waals surface area contributed by atoms with Crippen molar-refractivity contribution in [1.29, 1.82) is 0 Å². The minimum Gasteiger partial charge on any atom is -0.395 e. The molecule has 2 aliphatic heterocycles. The third kappa shape index (κ3) is 3.73. The normalized spacial score (nSPS) is 25.6. The Kier molecular flexibility index (Phi) is 5.05. The van der Waals surface area contributed by atoms with Crippen molar-refractivity contribution < 1.29 is 14.6 Å². The number of nitrogens with one attached hydrogen (secondary N) is 1. The van der Waals surface area contributed by atoms with Gasteiger partial charge in [0.15, 0.2) is 0 Å². The van der Waals surface area contributed by atoms with Crippen LogP contribution in [-0.4, -0.2) is 66.7 Å². The summed E-state index contributed by atoms with van der Waals surface area (Å²) in [5, 5.41) is 12.2. The molecule has 2 N–H and O–H groups in total. The molecule has 1 aliphatic carbocycles. The SMILES string of the molecule is OCCNc1nc([C@@H]2CCOC2)cc(N2CCOC3(CCCC3)C2)n1. The Hall–Kier alpha value is -1.44. The highest BCUT2D eigenvalue weighted by Gasteiger charge is 2.39. The number of morpholine rings is 1. The van der Waals surface area contributed by atoms with Gasteiger partial charge < -0.3 is 24.8 Å². The first-order valence-electron chi connectivity index (χ1n) is 9.48. The minimum absolute atomic E-state index is 0.0124. The highest BCUT2D eigenvalue weighted by molar-refractivity contribution is 5.47. The lowest BCUT2D eigenvalue weighted by atomic mass is 9.99. The second-order valence-corrected chi connectivity index (χ2v) is 7.35. The summed E-state index contributed by atoms with van der Waals surface area (Å²) in [5.41, 5.74) is 1.05. The Labute approximate surface area is 148 Å². The number of hydrogen-bond donors (Lipinski definition) is 2. The zero-order valence-corrected chi connectivity index (χ0v) is 14.7. The van der Waals surface area contributed by atoms with Gasteiger partial charge >= 0.3 is 0 Å². The Morgan fingerprint density at radius 2 is 2.16 bits per heavy atom. The van der Waals surface area contributed by atoms with Gasteiger partial charge in [-0.3, -0.25) is 0 Å². The molecule has 0 amide bonds. The molecule has 25 heavy (non-hydrogen) atoms. The van der Waals surface area contributed by atoms with Crippen LogP contribution in [0.25, 0.3) is 0 Å². The predicted molar refractivity (Wildman–Crippen MR) is 95.1 cm³/mol. The Bertz CT molecular complexity index is 586. The van der Waals surface area contributed by atoms with E-state index in [2.05, 4.69) is 21.3 Å². The maximum absolute atomic E-state index is 9.10. The number of anilines is 2. The van der Waals surface area contributed by atoms with E-state index in [1.165, 1.54) is 12.8 Å². The van der Waals surface area contributed by atoms with Crippen LogP contribution >= 0.6 is 0 Å². The second kappa shape index (κ2) is 7.43. The quantitative estimate of drug-likeness (QED) is 0.835. The van der Waals surface area contributed by atoms with Crippen LogP contribution in [0.15, 0.2) is 6.07 Å². The number of ether oxygens (including phenoxy) is 2. The second-order valence-electron chi connectivity index (χ2n) is 7.35. The van der Waals surface area contributed by atoms with Crippen molar-refractivity contribution in [1.82, 2.24) is 9.97 Å². The first-order valence-corrected chi connectivity index (χ1v) is 9.48. The van der Waals surface area contributed by atoms with Crippen LogP contribution in [0.3, 0.4) is 0 Å². The Balaban J connectivity index is 1.59. The molecule has 7 nitrogen and oxygen atoms in total. The van der Waals surface area contributed by atoms with Gasteiger partial charge in [0.05, 0.1) is 31.1 Å². The molecular weight excluding hydrogens is 320 g/mol. The lowest BCUT2D eigenvalue weighted by Crippen LogP contribution is -2.50. The fraction of sp³-hybridized carbons (Fsp3) is 0.778. The number of aliphatic hydroxyl groups is 1. The van der Waals surface area contributed by atoms with Crippen molar-refractivity contribution in [3.05, 3.63) is 11.8 Å². The molecule has 0 bridgehead atoms. The summed E-state index contributed by atoms with van der Waals surface area (Å²) in [6, 6.07) is 2.12. The summed E-state index contributed by atoms with van der Waals surface area (Å²) in [5.74, 6) is 1.89. The van der Waals surface area contributed by atoms with Crippen LogP contribution in [0.5, 0.6) is 0 Å². The van der Waals surface area contributed by atoms with E-state index in [0.29, 0.717) is 18.4 Å². The summed E-state index contributed by atoms with van der Waals surface area (Å²) in [6.07, 6.45) is 5.81. The van der Waals surface area contributed by atoms with E-state index in [4.69, 9.17) is 19.6 Å². The maximum atomic E-state index is 9.10. The molecule has 138 valence electrons. The van der Waals surface area contributed by atoms with Crippen LogP contribution in [0.1, 0.15) is 43.7 Å². The van der Waals surface area contributed by atoms with Crippen molar-refractivity contribution in [3.8, 4) is 0 Å². The maximum Gasteiger partial charge on any atom is 0.224 e. The highest BCUT2D eigenvalue weighted by atomic mass is 16.5. The van der Waals surface area contributed by atoms with E-state index in [1.54, 1.807) is 0 Å². The van der Waals surface area contributed by atoms with E-state index in [1.807, 2.05) is 0 Å². The van der Waals surface area contributed by atoms with Gasteiger partial charge in [-0.2, -0.15) is 4.98 Å². The van der Waals surface area contributed by atoms with Crippen LogP contribution in [0.2, 0.25) is 0 Å². The first-order chi connectivity index (χ1) is 12.3. The molecule has 1 spiro atoms. The van der Waals surface area contributed by atoms with E-state index < -0.39 is 0 Å². The van der Waals surface area contributed by atoms with Gasteiger partial charge in [-0.25, -0.2) is 4.98 Å². The van der Waals surface area contributed by atoms with Crippen molar-refractivity contribution in [2.45, 2.75) is 43.6 Å². The van der Waals surface area contributed by atoms with E-state index in [9.17, 15) is 0 Å². The molecular formula is C18H28N4O3. The standard InChI is InChI=1S/C18H28N4O3/c23-8-6-19-17-20-15(14-3-9-24-12-14)11-16(21-17)22-7-10-25-18(13-22)4-1-2-5-18/h11,14,23H,1-10,12-13H2,(H,19,20,21)/t14-/m1/s1. The fourth-order valence-corrected chi connectivity index (χ4v) is 4.20. The molecule has 7 heteroatoms. The molecule has 4 rings (SSSR count). The smallest absolute Gasteiger partial charge is 0.224 e. The molecule has 1 saturated carbocycles. The summed E-state index contributed by atoms with van der Waals surface area (Å²) in [6.45, 7) is 4.56. The third-order valence-electron chi connectivity index (χ3n) is 5.56. The Morgan fingerprint density at radius 1 is 1.28 bits per heavy atom. The number of aliphatic hydroxyl groups excluding tert-OH is 1. The summed E-state index contributed by atoms with van der Waals surface area (Å²) in [7, 11) is 0. The number of nitrogens with zero attached hydrogens (tertiary/aromatic N) is 3. The topological polar surface area (TPSA) is 79.7 Å². The number of hydrogen-bond acceptors (Lipinski definition) is 7. The average molecular weight is 348 g/mol. The van der Waals surface area contributed by atoms with Crippen LogP contribution < -0.4 is 10.2 Å². The predicted octanol–water partition coefficient (Wildman–Crippen LogP) is 1.53. The fourth-order valence-electron chi connectivity index (χ4n) is 4.20. The van der Waals surface area contributed by atoms with Gasteiger partial charge in [0, 0.05) is 38.2 Å². The van der Waals surface area contributed by atoms with Crippen LogP contribution in [0.4, 0.5) is 11.8 Å². The summed E-state index contributed by atoms with van der Waals surface area (Å²) in [4.78, 5) is 11.7. The molecule has 3 fully saturated rings. The van der Waals surface area contributed by atoms with E-state index in [-0.39, 0.29) is 12.2 Å². The summed E-state index contributed by atoms with van der Waals surface area (Å²) >= 11 is 0. The monoisotopic (exact) mass is 348 g/mol. The molecule has 3 heterocycles. The van der Waals surface area contributed by atoms with Crippen molar-refractivity contribution >= 4 is 11.8 Å². The van der Waals surface area contributed by atoms with Crippen molar-refractivity contribution in [2.75, 3.05) is 56.3 Å². The summed E-state index contributed by atoms with van der Waals surface area (Å²) < 4.78 is 11.7. The lowest BCUT2D eigenvalue weighted by Gasteiger charge is -2.41. The van der Waals surface area contributed by atoms with Gasteiger partial charge in [0.1, 0.15) is 5.82 Å². The first kappa shape index (κ1) is 17.0. The molecule has 0 unspecified atom stereocenters. The van der Waals surface area contributed by atoms with Gasteiger partial charge in [-0.15, -0.1) is 0 Å². The molecule has 0 radical (unpaired) electrons. The molecule has 0 aromatic carbocycles. The van der Waals surface area contributed by atoms with E-state index >= 15 is 0 Å². The molecule has 2 saturated heterocycles. The highest BCUT2D eigenvalue weighted by Crippen LogP contribution is 2.37. The zero-order chi connectivity index (χ0) is 17.1. The minimum atomic E-state index is 0.0124. The van der Waals surface area contributed by atoms with Gasteiger partial charge in [-0.1, -0.05) is 12.8 Å². The lowest BCUT2D eigenvalue weighted by molar-refractivity contribution is -0.0503. The molecule has 1 atom stereocenters. The van der Waals surface area contributed by atoms with Gasteiger partial charge in [0.25, 0.3) is 0 Å². The van der Waals surface area contributed by atoms with Gasteiger partial charge in [-0.05, 0) is 19.3 Å². The van der Waals surface area contributed by atoms with Crippen LogP contribution in [0, 0.1) is 0 Å². The third-order valence-corrected chi connectivity index (χ3v) is 5.56. The van der Waals surface area contributed by atoms with E-state index in [0.717, 1.165) is 63.7 Å². The van der Waals surface area contributed by atoms with Crippen LogP contribution in [-0.2, 0) is 9.47 Å². The van der Waals surface area contributed by atoms with Crippen molar-refractivity contribution in [2.24, 2.45) is 0 Å². The largest absolute Gasteiger partial charge is 0.395 e. The molecule has 1 aromatic heterocycles. The Morgan fingerprint density at radius 3 is 2.92 bits per heavy atom. The van der Waals surface area contributed by atoms with Crippen molar-refractivity contribution in [3.63, 3.8) is 0 Å². The average Bonchev–Trinajstić information content (AvgIpc) is 3.32. The molecule has 1 aromatic rings. The zero-order valence-electron chi connectivity index (χ0n) is 14.7. The number of aromatic nitrogens is 2.